The minimum Gasteiger partial charge on any atom is -0.370 e. The molecule has 26 heavy (non-hydrogen) atoms. The molecule has 1 aromatic heterocycles. The Labute approximate surface area is 155 Å². The largest absolute Gasteiger partial charge is 0.370 e. The molecule has 6 nitrogen and oxygen atoms in total. The Morgan fingerprint density at radius 1 is 1.15 bits per heavy atom. The minimum absolute atomic E-state index is 0.0459. The SMILES string of the molecule is O=[N+]([O-])c1ccc2nc(N3CCO[C@H](c4ccc(Cl)cc4)C3)ccc2c1. The van der Waals surface area contributed by atoms with Crippen molar-refractivity contribution in [1.29, 1.82) is 0 Å². The summed E-state index contributed by atoms with van der Waals surface area (Å²) in [6.45, 7) is 2.04. The summed E-state index contributed by atoms with van der Waals surface area (Å²) < 4.78 is 5.90. The smallest absolute Gasteiger partial charge is 0.270 e. The van der Waals surface area contributed by atoms with E-state index in [9.17, 15) is 10.1 Å². The van der Waals surface area contributed by atoms with E-state index >= 15 is 0 Å². The molecule has 0 N–H and O–H groups in total. The standard InChI is InChI=1S/C19H16ClN3O3/c20-15-4-1-13(2-5-15)18-12-22(9-10-26-18)19-8-3-14-11-16(23(24)25)6-7-17(14)21-19/h1-8,11,18H,9-10,12H2/t18-/m0/s1. The van der Waals surface area contributed by atoms with Crippen LogP contribution in [0.25, 0.3) is 10.9 Å². The van der Waals surface area contributed by atoms with E-state index in [1.165, 1.54) is 6.07 Å². The molecule has 1 fully saturated rings. The maximum absolute atomic E-state index is 10.9. The molecule has 4 rings (SSSR count). The fraction of sp³-hybridized carbons (Fsp3) is 0.211. The van der Waals surface area contributed by atoms with E-state index in [1.807, 2.05) is 36.4 Å². The van der Waals surface area contributed by atoms with Gasteiger partial charge in [0.25, 0.3) is 5.69 Å². The number of nitro groups is 1. The van der Waals surface area contributed by atoms with E-state index in [-0.39, 0.29) is 11.8 Å². The van der Waals surface area contributed by atoms with Crippen LogP contribution in [0.15, 0.2) is 54.6 Å². The van der Waals surface area contributed by atoms with Crippen molar-refractivity contribution < 1.29 is 9.66 Å². The summed E-state index contributed by atoms with van der Waals surface area (Å²) in [5.41, 5.74) is 1.89. The van der Waals surface area contributed by atoms with Crippen molar-refractivity contribution in [3.05, 3.63) is 75.3 Å². The summed E-state index contributed by atoms with van der Waals surface area (Å²) in [5, 5.41) is 12.4. The maximum Gasteiger partial charge on any atom is 0.270 e. The Hall–Kier alpha value is -2.70. The van der Waals surface area contributed by atoms with Crippen LogP contribution < -0.4 is 4.90 Å². The van der Waals surface area contributed by atoms with E-state index in [2.05, 4.69) is 9.88 Å². The second-order valence-corrected chi connectivity index (χ2v) is 6.60. The molecule has 0 amide bonds. The van der Waals surface area contributed by atoms with Crippen LogP contribution in [-0.2, 0) is 4.74 Å². The van der Waals surface area contributed by atoms with Crippen LogP contribution in [0.5, 0.6) is 0 Å². The molecule has 0 aliphatic carbocycles. The Morgan fingerprint density at radius 2 is 1.96 bits per heavy atom. The minimum atomic E-state index is -0.397. The average Bonchev–Trinajstić information content (AvgIpc) is 2.68. The number of anilines is 1. The first-order chi connectivity index (χ1) is 12.6. The molecule has 0 bridgehead atoms. The van der Waals surface area contributed by atoms with Crippen molar-refractivity contribution in [2.75, 3.05) is 24.6 Å². The van der Waals surface area contributed by atoms with Crippen molar-refractivity contribution in [3.63, 3.8) is 0 Å². The number of hydrogen-bond acceptors (Lipinski definition) is 5. The predicted molar refractivity (Wildman–Crippen MR) is 101 cm³/mol. The molecule has 132 valence electrons. The van der Waals surface area contributed by atoms with Gasteiger partial charge in [0.05, 0.1) is 17.0 Å². The lowest BCUT2D eigenvalue weighted by Gasteiger charge is -2.34. The van der Waals surface area contributed by atoms with Crippen molar-refractivity contribution in [2.24, 2.45) is 0 Å². The third-order valence-electron chi connectivity index (χ3n) is 4.50. The summed E-state index contributed by atoms with van der Waals surface area (Å²) in [5.74, 6) is 0.841. The van der Waals surface area contributed by atoms with Gasteiger partial charge < -0.3 is 9.64 Å². The number of nitrogens with zero attached hydrogens (tertiary/aromatic N) is 3. The lowest BCUT2D eigenvalue weighted by molar-refractivity contribution is -0.384. The number of fused-ring (bicyclic) bond motifs is 1. The van der Waals surface area contributed by atoms with Crippen molar-refractivity contribution in [1.82, 2.24) is 4.98 Å². The van der Waals surface area contributed by atoms with Gasteiger partial charge >= 0.3 is 0 Å². The number of nitro benzene ring substituents is 1. The van der Waals surface area contributed by atoms with Gasteiger partial charge in [-0.2, -0.15) is 0 Å². The first-order valence-corrected chi connectivity index (χ1v) is 8.65. The molecular weight excluding hydrogens is 354 g/mol. The molecule has 7 heteroatoms. The highest BCUT2D eigenvalue weighted by Gasteiger charge is 2.23. The number of rotatable bonds is 3. The zero-order chi connectivity index (χ0) is 18.1. The van der Waals surface area contributed by atoms with Crippen LogP contribution in [0, 0.1) is 10.1 Å². The zero-order valence-electron chi connectivity index (χ0n) is 13.8. The van der Waals surface area contributed by atoms with Gasteiger partial charge in [0.15, 0.2) is 0 Å². The molecule has 1 aliphatic heterocycles. The molecule has 2 aromatic carbocycles. The lowest BCUT2D eigenvalue weighted by atomic mass is 10.1. The Kier molecular flexibility index (Phi) is 4.44. The van der Waals surface area contributed by atoms with Gasteiger partial charge in [-0.05, 0) is 35.9 Å². The van der Waals surface area contributed by atoms with Crippen molar-refractivity contribution >= 4 is 34.0 Å². The summed E-state index contributed by atoms with van der Waals surface area (Å²) >= 11 is 5.96. The normalized spacial score (nSPS) is 17.4. The van der Waals surface area contributed by atoms with Crippen LogP contribution in [0.4, 0.5) is 11.5 Å². The topological polar surface area (TPSA) is 68.5 Å². The predicted octanol–water partition coefficient (Wildman–Crippen LogP) is 4.37. The third-order valence-corrected chi connectivity index (χ3v) is 4.75. The van der Waals surface area contributed by atoms with Gasteiger partial charge in [0.2, 0.25) is 0 Å². The summed E-state index contributed by atoms with van der Waals surface area (Å²) in [4.78, 5) is 17.3. The highest BCUT2D eigenvalue weighted by Crippen LogP contribution is 2.28. The molecule has 3 aromatic rings. The Bertz CT molecular complexity index is 962. The monoisotopic (exact) mass is 369 g/mol. The highest BCUT2D eigenvalue weighted by atomic mass is 35.5. The third kappa shape index (κ3) is 3.34. The van der Waals surface area contributed by atoms with Crippen LogP contribution in [0.3, 0.4) is 0 Å². The van der Waals surface area contributed by atoms with Crippen LogP contribution in [0.1, 0.15) is 11.7 Å². The Morgan fingerprint density at radius 3 is 2.73 bits per heavy atom. The van der Waals surface area contributed by atoms with Crippen LogP contribution in [-0.4, -0.2) is 29.6 Å². The second-order valence-electron chi connectivity index (χ2n) is 6.16. The summed E-state index contributed by atoms with van der Waals surface area (Å²) in [6.07, 6.45) is -0.0459. The van der Waals surface area contributed by atoms with Gasteiger partial charge in [-0.25, -0.2) is 4.98 Å². The van der Waals surface area contributed by atoms with Gasteiger partial charge in [0.1, 0.15) is 11.9 Å². The molecule has 0 radical (unpaired) electrons. The second kappa shape index (κ2) is 6.90. The number of pyridine rings is 1. The number of aromatic nitrogens is 1. The molecule has 2 heterocycles. The quantitative estimate of drug-likeness (QED) is 0.506. The Balaban J connectivity index is 1.59. The maximum atomic E-state index is 10.9. The van der Waals surface area contributed by atoms with E-state index < -0.39 is 4.92 Å². The highest BCUT2D eigenvalue weighted by molar-refractivity contribution is 6.30. The summed E-state index contributed by atoms with van der Waals surface area (Å²) in [6, 6.07) is 16.2. The number of ether oxygens (including phenoxy) is 1. The zero-order valence-corrected chi connectivity index (χ0v) is 14.6. The molecule has 0 saturated carbocycles. The van der Waals surface area contributed by atoms with Gasteiger partial charge in [0, 0.05) is 35.6 Å². The van der Waals surface area contributed by atoms with E-state index in [1.54, 1.807) is 12.1 Å². The number of halogens is 1. The van der Waals surface area contributed by atoms with Crippen molar-refractivity contribution in [2.45, 2.75) is 6.10 Å². The first kappa shape index (κ1) is 16.8. The first-order valence-electron chi connectivity index (χ1n) is 8.27. The van der Waals surface area contributed by atoms with E-state index in [4.69, 9.17) is 16.3 Å². The average molecular weight is 370 g/mol. The van der Waals surface area contributed by atoms with E-state index in [0.717, 1.165) is 28.8 Å². The van der Waals surface area contributed by atoms with Crippen molar-refractivity contribution in [3.8, 4) is 0 Å². The molecule has 1 atom stereocenters. The van der Waals surface area contributed by atoms with Gasteiger partial charge in [-0.1, -0.05) is 23.7 Å². The molecule has 1 aliphatic rings. The number of hydrogen-bond donors (Lipinski definition) is 0. The van der Waals surface area contributed by atoms with E-state index in [0.29, 0.717) is 18.2 Å². The molecular formula is C19H16ClN3O3. The number of morpholine rings is 1. The van der Waals surface area contributed by atoms with Gasteiger partial charge in [-0.15, -0.1) is 0 Å². The molecule has 0 spiro atoms. The van der Waals surface area contributed by atoms with Crippen LogP contribution >= 0.6 is 11.6 Å². The number of benzene rings is 2. The number of non-ortho nitro benzene ring substituents is 1. The lowest BCUT2D eigenvalue weighted by Crippen LogP contribution is -2.38. The van der Waals surface area contributed by atoms with Gasteiger partial charge in [-0.3, -0.25) is 10.1 Å². The molecule has 1 saturated heterocycles. The fourth-order valence-electron chi connectivity index (χ4n) is 3.13. The molecule has 0 unspecified atom stereocenters. The fourth-order valence-corrected chi connectivity index (χ4v) is 3.25. The van der Waals surface area contributed by atoms with Crippen LogP contribution in [0.2, 0.25) is 5.02 Å². The summed E-state index contributed by atoms with van der Waals surface area (Å²) in [7, 11) is 0.